The van der Waals surface area contributed by atoms with E-state index in [1.165, 1.54) is 24.3 Å². The Bertz CT molecular complexity index is 1460. The second kappa shape index (κ2) is 10.5. The molecule has 0 bridgehead atoms. The molecule has 4 rings (SSSR count). The summed E-state index contributed by atoms with van der Waals surface area (Å²) in [4.78, 5) is 49.3. The Morgan fingerprint density at radius 2 is 1.89 bits per heavy atom. The van der Waals surface area contributed by atoms with Gasteiger partial charge in [0.1, 0.15) is 17.9 Å². The van der Waals surface area contributed by atoms with Crippen molar-refractivity contribution in [3.8, 4) is 5.75 Å². The summed E-state index contributed by atoms with van der Waals surface area (Å²) in [6.07, 6.45) is 1.39. The first-order valence-electron chi connectivity index (χ1n) is 10.5. The second-order valence-corrected chi connectivity index (χ2v) is 9.37. The summed E-state index contributed by atoms with van der Waals surface area (Å²) in [5.41, 5.74) is 1.95. The fourth-order valence-electron chi connectivity index (χ4n) is 3.42. The molecule has 11 heteroatoms. The van der Waals surface area contributed by atoms with Crippen LogP contribution in [0.15, 0.2) is 66.2 Å². The van der Waals surface area contributed by atoms with Crippen LogP contribution in [0.2, 0.25) is 5.02 Å². The van der Waals surface area contributed by atoms with Crippen LogP contribution in [0.3, 0.4) is 0 Å². The Labute approximate surface area is 224 Å². The summed E-state index contributed by atoms with van der Waals surface area (Å²) in [5, 5.41) is 13.5. The lowest BCUT2D eigenvalue weighted by Gasteiger charge is -2.26. The van der Waals surface area contributed by atoms with Gasteiger partial charge in [-0.2, -0.15) is 0 Å². The summed E-state index contributed by atoms with van der Waals surface area (Å²) in [5.74, 6) is -1.06. The maximum absolute atomic E-state index is 13.1. The molecule has 4 amide bonds. The van der Waals surface area contributed by atoms with Crippen molar-refractivity contribution in [2.75, 3.05) is 4.90 Å². The van der Waals surface area contributed by atoms with E-state index < -0.39 is 22.8 Å². The van der Waals surface area contributed by atoms with E-state index in [0.717, 1.165) is 10.5 Å². The highest BCUT2D eigenvalue weighted by Gasteiger charge is 2.37. The van der Waals surface area contributed by atoms with Gasteiger partial charge in [-0.3, -0.25) is 25.0 Å². The predicted octanol–water partition coefficient (Wildman–Crippen LogP) is 5.41. The number of barbiturate groups is 1. The van der Waals surface area contributed by atoms with E-state index in [1.807, 2.05) is 22.6 Å². The Balaban J connectivity index is 1.55. The number of aryl methyl sites for hydroxylation is 1. The first-order valence-corrected chi connectivity index (χ1v) is 11.9. The third kappa shape index (κ3) is 5.39. The molecule has 3 aromatic rings. The molecule has 0 aromatic heterocycles. The lowest BCUT2D eigenvalue weighted by Crippen LogP contribution is -2.54. The average Bonchev–Trinajstić information content (AvgIpc) is 2.83. The molecule has 1 aliphatic rings. The SMILES string of the molecule is Cc1ccc(N2C(=O)NC(=O)/C(=C/c3ccc(OCc4cccc([N+](=O)[O-])c4)c(I)c3)C2=O)cc1Cl. The van der Waals surface area contributed by atoms with Crippen LogP contribution in [0, 0.1) is 20.6 Å². The van der Waals surface area contributed by atoms with Gasteiger partial charge in [0, 0.05) is 17.2 Å². The summed E-state index contributed by atoms with van der Waals surface area (Å²) in [7, 11) is 0. The highest BCUT2D eigenvalue weighted by Crippen LogP contribution is 2.28. The van der Waals surface area contributed by atoms with Crippen molar-refractivity contribution in [2.24, 2.45) is 0 Å². The highest BCUT2D eigenvalue weighted by atomic mass is 127. The molecular weight excluding hydrogens is 601 g/mol. The van der Waals surface area contributed by atoms with Crippen molar-refractivity contribution < 1.29 is 24.0 Å². The van der Waals surface area contributed by atoms with Crippen LogP contribution >= 0.6 is 34.2 Å². The second-order valence-electron chi connectivity index (χ2n) is 7.80. The lowest BCUT2D eigenvalue weighted by molar-refractivity contribution is -0.384. The van der Waals surface area contributed by atoms with Gasteiger partial charge in [0.05, 0.1) is 14.2 Å². The van der Waals surface area contributed by atoms with Crippen LogP contribution in [-0.2, 0) is 16.2 Å². The van der Waals surface area contributed by atoms with Crippen molar-refractivity contribution >= 4 is 69.5 Å². The van der Waals surface area contributed by atoms with Gasteiger partial charge < -0.3 is 4.74 Å². The van der Waals surface area contributed by atoms with Gasteiger partial charge in [0.25, 0.3) is 17.5 Å². The van der Waals surface area contributed by atoms with Crippen molar-refractivity contribution in [3.63, 3.8) is 0 Å². The zero-order chi connectivity index (χ0) is 26.0. The van der Waals surface area contributed by atoms with Crippen molar-refractivity contribution in [1.82, 2.24) is 5.32 Å². The number of nitrogens with zero attached hydrogens (tertiary/aromatic N) is 2. The van der Waals surface area contributed by atoms with Gasteiger partial charge in [0.15, 0.2) is 0 Å². The number of nitrogens with one attached hydrogen (secondary N) is 1. The van der Waals surface area contributed by atoms with Gasteiger partial charge in [-0.25, -0.2) is 9.69 Å². The molecule has 1 fully saturated rings. The zero-order valence-electron chi connectivity index (χ0n) is 18.7. The number of nitro benzene ring substituents is 1. The number of halogens is 2. The fourth-order valence-corrected chi connectivity index (χ4v) is 4.29. The van der Waals surface area contributed by atoms with Crippen LogP contribution in [0.25, 0.3) is 6.08 Å². The van der Waals surface area contributed by atoms with Gasteiger partial charge in [-0.1, -0.05) is 35.9 Å². The van der Waals surface area contributed by atoms with E-state index in [0.29, 0.717) is 25.5 Å². The number of non-ortho nitro benzene ring substituents is 1. The molecule has 0 atom stereocenters. The summed E-state index contributed by atoms with van der Waals surface area (Å²) in [6.45, 7) is 1.91. The number of amides is 4. The van der Waals surface area contributed by atoms with Crippen LogP contribution in [0.4, 0.5) is 16.2 Å². The van der Waals surface area contributed by atoms with E-state index in [9.17, 15) is 24.5 Å². The molecule has 0 unspecified atom stereocenters. The number of carbonyl (C=O) groups excluding carboxylic acids is 3. The van der Waals surface area contributed by atoms with Crippen LogP contribution in [-0.4, -0.2) is 22.8 Å². The van der Waals surface area contributed by atoms with Crippen molar-refractivity contribution in [1.29, 1.82) is 0 Å². The maximum atomic E-state index is 13.1. The number of hydrogen-bond donors (Lipinski definition) is 1. The van der Waals surface area contributed by atoms with Crippen LogP contribution < -0.4 is 15.0 Å². The van der Waals surface area contributed by atoms with E-state index in [-0.39, 0.29) is 23.6 Å². The van der Waals surface area contributed by atoms with Crippen LogP contribution in [0.5, 0.6) is 5.75 Å². The average molecular weight is 618 g/mol. The number of anilines is 1. The smallest absolute Gasteiger partial charge is 0.335 e. The third-order valence-corrected chi connectivity index (χ3v) is 6.55. The Hall–Kier alpha value is -3.77. The molecule has 1 heterocycles. The standard InChI is InChI=1S/C25H17ClIN3O6/c1-14-5-7-17(12-20(14)26)29-24(32)19(23(31)28-25(29)33)10-15-6-8-22(21(27)11-15)36-13-16-3-2-4-18(9-16)30(34)35/h2-12H,13H2,1H3,(H,28,31,33)/b19-10-. The Morgan fingerprint density at radius 3 is 2.58 bits per heavy atom. The maximum Gasteiger partial charge on any atom is 0.335 e. The van der Waals surface area contributed by atoms with E-state index in [1.54, 1.807) is 49.4 Å². The normalized spacial score (nSPS) is 14.7. The molecule has 36 heavy (non-hydrogen) atoms. The molecule has 1 N–H and O–H groups in total. The number of nitro groups is 1. The zero-order valence-corrected chi connectivity index (χ0v) is 21.6. The van der Waals surface area contributed by atoms with Crippen LogP contribution in [0.1, 0.15) is 16.7 Å². The number of urea groups is 1. The number of ether oxygens (including phenoxy) is 1. The number of hydrogen-bond acceptors (Lipinski definition) is 6. The number of imide groups is 2. The number of rotatable bonds is 6. The molecule has 0 radical (unpaired) electrons. The number of carbonyl (C=O) groups is 3. The van der Waals surface area contributed by atoms with Gasteiger partial charge in [-0.15, -0.1) is 0 Å². The first-order chi connectivity index (χ1) is 17.1. The summed E-state index contributed by atoms with van der Waals surface area (Å²) < 4.78 is 6.48. The molecule has 1 saturated heterocycles. The number of benzene rings is 3. The Kier molecular flexibility index (Phi) is 7.36. The van der Waals surface area contributed by atoms with Gasteiger partial charge in [0.2, 0.25) is 0 Å². The monoisotopic (exact) mass is 617 g/mol. The quantitative estimate of drug-likeness (QED) is 0.130. The topological polar surface area (TPSA) is 119 Å². The fraction of sp³-hybridized carbons (Fsp3) is 0.0800. The molecular formula is C25H17ClIN3O6. The Morgan fingerprint density at radius 1 is 1.11 bits per heavy atom. The lowest BCUT2D eigenvalue weighted by atomic mass is 10.1. The minimum absolute atomic E-state index is 0.0244. The summed E-state index contributed by atoms with van der Waals surface area (Å²) >= 11 is 8.19. The van der Waals surface area contributed by atoms with Crippen molar-refractivity contribution in [2.45, 2.75) is 13.5 Å². The molecule has 182 valence electrons. The minimum atomic E-state index is -0.860. The molecule has 0 spiro atoms. The molecule has 0 aliphatic carbocycles. The molecule has 1 aliphatic heterocycles. The van der Waals surface area contributed by atoms with Crippen molar-refractivity contribution in [3.05, 3.63) is 102 Å². The predicted molar refractivity (Wildman–Crippen MR) is 142 cm³/mol. The summed E-state index contributed by atoms with van der Waals surface area (Å²) in [6, 6.07) is 15.0. The molecule has 9 nitrogen and oxygen atoms in total. The van der Waals surface area contributed by atoms with Gasteiger partial charge >= 0.3 is 6.03 Å². The third-order valence-electron chi connectivity index (χ3n) is 5.30. The minimum Gasteiger partial charge on any atom is -0.488 e. The van der Waals surface area contributed by atoms with Gasteiger partial charge in [-0.05, 0) is 76.5 Å². The molecule has 3 aromatic carbocycles. The highest BCUT2D eigenvalue weighted by molar-refractivity contribution is 14.1. The van der Waals surface area contributed by atoms with E-state index in [2.05, 4.69) is 5.32 Å². The van der Waals surface area contributed by atoms with E-state index >= 15 is 0 Å². The molecule has 0 saturated carbocycles. The van der Waals surface area contributed by atoms with E-state index in [4.69, 9.17) is 16.3 Å². The first kappa shape index (κ1) is 25.3. The largest absolute Gasteiger partial charge is 0.488 e.